The van der Waals surface area contributed by atoms with Crippen LogP contribution in [0.25, 0.3) is 0 Å². The lowest BCUT2D eigenvalue weighted by Crippen LogP contribution is -2.44. The van der Waals surface area contributed by atoms with Crippen molar-refractivity contribution in [1.82, 2.24) is 4.90 Å². The van der Waals surface area contributed by atoms with Crippen molar-refractivity contribution in [2.75, 3.05) is 20.2 Å². The highest BCUT2D eigenvalue weighted by Crippen LogP contribution is 2.35. The lowest BCUT2D eigenvalue weighted by molar-refractivity contribution is -0.184. The first-order valence-electron chi connectivity index (χ1n) is 6.56. The van der Waals surface area contributed by atoms with Crippen LogP contribution >= 0.6 is 0 Å². The van der Waals surface area contributed by atoms with Gasteiger partial charge in [0.2, 0.25) is 0 Å². The Kier molecular flexibility index (Phi) is 4.29. The number of likely N-dealkylation sites (tertiary alicyclic amines) is 1. The number of halogens is 3. The molecular weight excluding hydrogens is 287 g/mol. The molecule has 4 nitrogen and oxygen atoms in total. The van der Waals surface area contributed by atoms with E-state index in [9.17, 15) is 23.1 Å². The fourth-order valence-electron chi connectivity index (χ4n) is 2.46. The number of para-hydroxylation sites is 1. The first-order valence-corrected chi connectivity index (χ1v) is 6.56. The van der Waals surface area contributed by atoms with Gasteiger partial charge in [-0.3, -0.25) is 4.79 Å². The normalized spacial score (nSPS) is 19.4. The Morgan fingerprint density at radius 3 is 2.76 bits per heavy atom. The van der Waals surface area contributed by atoms with Gasteiger partial charge in [0.05, 0.1) is 18.6 Å². The van der Waals surface area contributed by atoms with Crippen LogP contribution in [-0.4, -0.2) is 42.3 Å². The van der Waals surface area contributed by atoms with E-state index in [0.29, 0.717) is 6.42 Å². The molecule has 21 heavy (non-hydrogen) atoms. The molecule has 1 atom stereocenters. The number of carbonyl (C=O) groups excluding carboxylic acids is 1. The number of hydrogen-bond acceptors (Lipinski definition) is 3. The summed E-state index contributed by atoms with van der Waals surface area (Å²) in [5.41, 5.74) is -0.0443. The van der Waals surface area contributed by atoms with Crippen LogP contribution in [0, 0.1) is 5.92 Å². The third-order valence-electron chi connectivity index (χ3n) is 3.62. The molecule has 1 aliphatic heterocycles. The van der Waals surface area contributed by atoms with Crippen LogP contribution in [0.2, 0.25) is 0 Å². The molecule has 1 saturated heterocycles. The number of nitrogens with zero attached hydrogens (tertiary/aromatic N) is 1. The summed E-state index contributed by atoms with van der Waals surface area (Å²) in [5.74, 6) is -2.35. The van der Waals surface area contributed by atoms with Crippen molar-refractivity contribution in [2.24, 2.45) is 5.92 Å². The molecule has 0 aliphatic carbocycles. The molecule has 1 aromatic rings. The molecular formula is C14H16F3NO3. The number of phenols is 1. The van der Waals surface area contributed by atoms with Gasteiger partial charge in [0.25, 0.3) is 5.91 Å². The number of hydrogen-bond donors (Lipinski definition) is 1. The van der Waals surface area contributed by atoms with Crippen molar-refractivity contribution in [3.05, 3.63) is 23.8 Å². The van der Waals surface area contributed by atoms with Crippen LogP contribution in [0.3, 0.4) is 0 Å². The fourth-order valence-corrected chi connectivity index (χ4v) is 2.46. The zero-order chi connectivity index (χ0) is 15.6. The van der Waals surface area contributed by atoms with E-state index >= 15 is 0 Å². The second-order valence-corrected chi connectivity index (χ2v) is 4.99. The summed E-state index contributed by atoms with van der Waals surface area (Å²) in [6.45, 7) is -0.124. The van der Waals surface area contributed by atoms with Crippen LogP contribution < -0.4 is 4.74 Å². The summed E-state index contributed by atoms with van der Waals surface area (Å²) in [5, 5.41) is 9.92. The average Bonchev–Trinajstić information content (AvgIpc) is 2.46. The maximum absolute atomic E-state index is 12.8. The van der Waals surface area contributed by atoms with Crippen LogP contribution in [0.1, 0.15) is 23.2 Å². The van der Waals surface area contributed by atoms with E-state index in [0.717, 1.165) is 4.90 Å². The minimum Gasteiger partial charge on any atom is -0.504 e. The molecule has 7 heteroatoms. The molecule has 1 N–H and O–H groups in total. The van der Waals surface area contributed by atoms with Gasteiger partial charge in [-0.1, -0.05) is 6.07 Å². The van der Waals surface area contributed by atoms with Gasteiger partial charge >= 0.3 is 6.18 Å². The third-order valence-corrected chi connectivity index (χ3v) is 3.62. The number of piperidine rings is 1. The molecule has 0 bridgehead atoms. The molecule has 2 rings (SSSR count). The number of ether oxygens (including phenoxy) is 1. The van der Waals surface area contributed by atoms with Gasteiger partial charge in [0, 0.05) is 13.1 Å². The van der Waals surface area contributed by atoms with E-state index < -0.39 is 18.0 Å². The van der Waals surface area contributed by atoms with Gasteiger partial charge < -0.3 is 14.7 Å². The van der Waals surface area contributed by atoms with E-state index in [1.54, 1.807) is 0 Å². The number of amides is 1. The number of methoxy groups -OCH3 is 1. The van der Waals surface area contributed by atoms with Crippen molar-refractivity contribution in [2.45, 2.75) is 19.0 Å². The summed E-state index contributed by atoms with van der Waals surface area (Å²) in [7, 11) is 1.34. The van der Waals surface area contributed by atoms with E-state index in [1.165, 1.54) is 25.3 Å². The van der Waals surface area contributed by atoms with E-state index in [1.807, 2.05) is 0 Å². The molecule has 0 radical (unpaired) electrons. The van der Waals surface area contributed by atoms with Gasteiger partial charge in [-0.25, -0.2) is 0 Å². The van der Waals surface area contributed by atoms with Crippen LogP contribution in [0.5, 0.6) is 11.5 Å². The quantitative estimate of drug-likeness (QED) is 0.914. The number of alkyl halides is 3. The smallest absolute Gasteiger partial charge is 0.393 e. The van der Waals surface area contributed by atoms with E-state index in [2.05, 4.69) is 0 Å². The summed E-state index contributed by atoms with van der Waals surface area (Å²) < 4.78 is 43.2. The van der Waals surface area contributed by atoms with Crippen molar-refractivity contribution < 1.29 is 27.8 Å². The van der Waals surface area contributed by atoms with Crippen molar-refractivity contribution in [3.63, 3.8) is 0 Å². The largest absolute Gasteiger partial charge is 0.504 e. The van der Waals surface area contributed by atoms with Crippen molar-refractivity contribution in [3.8, 4) is 11.5 Å². The number of benzene rings is 1. The molecule has 0 saturated carbocycles. The predicted octanol–water partition coefficient (Wildman–Crippen LogP) is 2.82. The third kappa shape index (κ3) is 3.22. The Morgan fingerprint density at radius 1 is 1.43 bits per heavy atom. The minimum absolute atomic E-state index is 0.0252. The van der Waals surface area contributed by atoms with Gasteiger partial charge in [-0.2, -0.15) is 13.2 Å². The summed E-state index contributed by atoms with van der Waals surface area (Å²) in [6.07, 6.45) is -3.99. The minimum atomic E-state index is -4.31. The Bertz CT molecular complexity index is 531. The van der Waals surface area contributed by atoms with Gasteiger partial charge in [-0.15, -0.1) is 0 Å². The monoisotopic (exact) mass is 303 g/mol. The molecule has 1 heterocycles. The fraction of sp³-hybridized carbons (Fsp3) is 0.500. The summed E-state index contributed by atoms with van der Waals surface area (Å²) in [4.78, 5) is 13.4. The lowest BCUT2D eigenvalue weighted by Gasteiger charge is -2.33. The molecule has 1 aromatic carbocycles. The summed E-state index contributed by atoms with van der Waals surface area (Å²) >= 11 is 0. The first kappa shape index (κ1) is 15.5. The molecule has 0 spiro atoms. The molecule has 1 amide bonds. The van der Waals surface area contributed by atoms with E-state index in [4.69, 9.17) is 4.74 Å². The Labute approximate surface area is 120 Å². The molecule has 1 aliphatic rings. The van der Waals surface area contributed by atoms with Crippen LogP contribution in [-0.2, 0) is 0 Å². The maximum atomic E-state index is 12.8. The molecule has 1 unspecified atom stereocenters. The average molecular weight is 303 g/mol. The van der Waals surface area contributed by atoms with Crippen molar-refractivity contribution in [1.29, 1.82) is 0 Å². The molecule has 116 valence electrons. The topological polar surface area (TPSA) is 49.8 Å². The zero-order valence-corrected chi connectivity index (χ0v) is 11.5. The number of aromatic hydroxyl groups is 1. The van der Waals surface area contributed by atoms with Crippen LogP contribution in [0.4, 0.5) is 13.2 Å². The van der Waals surface area contributed by atoms with Gasteiger partial charge in [0.15, 0.2) is 11.5 Å². The highest BCUT2D eigenvalue weighted by atomic mass is 19.4. The maximum Gasteiger partial charge on any atom is 0.393 e. The number of rotatable bonds is 2. The first-order chi connectivity index (χ1) is 9.84. The van der Waals surface area contributed by atoms with Crippen LogP contribution in [0.15, 0.2) is 18.2 Å². The Morgan fingerprint density at radius 2 is 2.14 bits per heavy atom. The highest BCUT2D eigenvalue weighted by Gasteiger charge is 2.43. The van der Waals surface area contributed by atoms with Gasteiger partial charge in [-0.05, 0) is 25.0 Å². The summed E-state index contributed by atoms with van der Waals surface area (Å²) in [6, 6.07) is 4.36. The molecule has 0 aromatic heterocycles. The number of carbonyl (C=O) groups is 1. The number of phenolic OH excluding ortho intramolecular Hbond substituents is 1. The standard InChI is InChI=1S/C14H16F3NO3/c1-21-11-6-2-5-10(12(11)19)13(20)18-7-3-4-9(8-18)14(15,16)17/h2,5-6,9,19H,3-4,7-8H2,1H3. The SMILES string of the molecule is COc1cccc(C(=O)N2CCCC(C(F)(F)F)C2)c1O. The Hall–Kier alpha value is -1.92. The molecule has 1 fully saturated rings. The van der Waals surface area contributed by atoms with Crippen molar-refractivity contribution >= 4 is 5.91 Å². The second-order valence-electron chi connectivity index (χ2n) is 4.99. The lowest BCUT2D eigenvalue weighted by atomic mass is 9.96. The second kappa shape index (κ2) is 5.83. The van der Waals surface area contributed by atoms with E-state index in [-0.39, 0.29) is 36.6 Å². The Balaban J connectivity index is 2.20. The zero-order valence-electron chi connectivity index (χ0n) is 11.5. The highest BCUT2D eigenvalue weighted by molar-refractivity contribution is 5.97. The predicted molar refractivity (Wildman–Crippen MR) is 69.3 cm³/mol. The van der Waals surface area contributed by atoms with Gasteiger partial charge in [0.1, 0.15) is 0 Å².